The molecule has 162 valence electrons. The van der Waals surface area contributed by atoms with Gasteiger partial charge in [-0.2, -0.15) is 26.3 Å². The normalized spacial score (nSPS) is 11.8. The van der Waals surface area contributed by atoms with E-state index in [9.17, 15) is 35.9 Å². The molecule has 1 N–H and O–H groups in total. The Bertz CT molecular complexity index is 909. The number of nitrogens with one attached hydrogen (secondary N) is 1. The number of benzene rings is 2. The Hall–Kier alpha value is -3.04. The van der Waals surface area contributed by atoms with Crippen LogP contribution in [0.15, 0.2) is 48.5 Å². The average Bonchev–Trinajstić information content (AvgIpc) is 2.65. The van der Waals surface area contributed by atoms with Crippen molar-refractivity contribution < 1.29 is 35.9 Å². The molecular formula is C20H18F6N2O2. The van der Waals surface area contributed by atoms with Gasteiger partial charge in [0.05, 0.1) is 29.8 Å². The number of anilines is 1. The number of para-hydroxylation sites is 1. The maximum atomic E-state index is 13.0. The van der Waals surface area contributed by atoms with E-state index in [0.717, 1.165) is 29.2 Å². The fourth-order valence-electron chi connectivity index (χ4n) is 2.72. The first-order chi connectivity index (χ1) is 13.9. The SMILES string of the molecule is CCN(CC(=O)Nc1ccccc1C(F)(F)F)C(=O)Cc1cccc(C(F)(F)F)c1. The lowest BCUT2D eigenvalue weighted by molar-refractivity contribution is -0.138. The molecule has 0 aliphatic carbocycles. The highest BCUT2D eigenvalue weighted by atomic mass is 19.4. The Morgan fingerprint density at radius 3 is 2.20 bits per heavy atom. The van der Waals surface area contributed by atoms with Crippen molar-refractivity contribution in [1.29, 1.82) is 0 Å². The third-order valence-corrected chi connectivity index (χ3v) is 4.19. The minimum absolute atomic E-state index is 0.0478. The van der Waals surface area contributed by atoms with Crippen molar-refractivity contribution in [2.24, 2.45) is 0 Å². The summed E-state index contributed by atoms with van der Waals surface area (Å²) in [5.41, 5.74) is -2.28. The third-order valence-electron chi connectivity index (χ3n) is 4.19. The van der Waals surface area contributed by atoms with Crippen LogP contribution in [0.1, 0.15) is 23.6 Å². The van der Waals surface area contributed by atoms with Gasteiger partial charge in [0.1, 0.15) is 0 Å². The molecule has 2 amide bonds. The highest BCUT2D eigenvalue weighted by Crippen LogP contribution is 2.34. The summed E-state index contributed by atoms with van der Waals surface area (Å²) in [6, 6.07) is 8.62. The Kier molecular flexibility index (Phi) is 7.12. The van der Waals surface area contributed by atoms with Crippen molar-refractivity contribution in [3.05, 3.63) is 65.2 Å². The van der Waals surface area contributed by atoms with Crippen LogP contribution >= 0.6 is 0 Å². The van der Waals surface area contributed by atoms with Crippen LogP contribution in [-0.2, 0) is 28.4 Å². The lowest BCUT2D eigenvalue weighted by atomic mass is 10.1. The Morgan fingerprint density at radius 2 is 1.60 bits per heavy atom. The number of hydrogen-bond acceptors (Lipinski definition) is 2. The van der Waals surface area contributed by atoms with Gasteiger partial charge in [0.25, 0.3) is 0 Å². The van der Waals surface area contributed by atoms with Crippen molar-refractivity contribution in [3.63, 3.8) is 0 Å². The summed E-state index contributed by atoms with van der Waals surface area (Å²) in [6.45, 7) is 1.05. The van der Waals surface area contributed by atoms with Gasteiger partial charge in [-0.3, -0.25) is 9.59 Å². The number of carbonyl (C=O) groups excluding carboxylic acids is 2. The summed E-state index contributed by atoms with van der Waals surface area (Å²) < 4.78 is 77.4. The van der Waals surface area contributed by atoms with Gasteiger partial charge in [-0.1, -0.05) is 30.3 Å². The number of carbonyl (C=O) groups is 2. The lowest BCUT2D eigenvalue weighted by Gasteiger charge is -2.21. The predicted octanol–water partition coefficient (Wildman–Crippen LogP) is 4.75. The molecule has 2 aromatic rings. The van der Waals surface area contributed by atoms with E-state index in [2.05, 4.69) is 5.32 Å². The van der Waals surface area contributed by atoms with Crippen molar-refractivity contribution in [1.82, 2.24) is 4.90 Å². The molecule has 0 fully saturated rings. The molecule has 10 heteroatoms. The van der Waals surface area contributed by atoms with Gasteiger partial charge in [0.15, 0.2) is 0 Å². The van der Waals surface area contributed by atoms with E-state index in [1.165, 1.54) is 24.3 Å². The van der Waals surface area contributed by atoms with Crippen molar-refractivity contribution >= 4 is 17.5 Å². The summed E-state index contributed by atoms with van der Waals surface area (Å²) in [5, 5.41) is 2.13. The molecule has 0 aromatic heterocycles. The van der Waals surface area contributed by atoms with E-state index in [4.69, 9.17) is 0 Å². The first-order valence-corrected chi connectivity index (χ1v) is 8.81. The van der Waals surface area contributed by atoms with Gasteiger partial charge in [0, 0.05) is 6.54 Å². The highest BCUT2D eigenvalue weighted by Gasteiger charge is 2.34. The molecule has 0 aliphatic heterocycles. The summed E-state index contributed by atoms with van der Waals surface area (Å²) in [7, 11) is 0. The number of nitrogens with zero attached hydrogens (tertiary/aromatic N) is 1. The van der Waals surface area contributed by atoms with Crippen LogP contribution in [0.3, 0.4) is 0 Å². The van der Waals surface area contributed by atoms with Gasteiger partial charge in [-0.05, 0) is 30.7 Å². The molecule has 2 aromatic carbocycles. The first kappa shape index (κ1) is 23.2. The summed E-state index contributed by atoms with van der Waals surface area (Å²) in [5.74, 6) is -1.48. The fourth-order valence-corrected chi connectivity index (χ4v) is 2.72. The molecule has 0 saturated heterocycles. The van der Waals surface area contributed by atoms with E-state index in [1.807, 2.05) is 0 Å². The number of likely N-dealkylation sites (N-methyl/N-ethyl adjacent to an activating group) is 1. The largest absolute Gasteiger partial charge is 0.418 e. The first-order valence-electron chi connectivity index (χ1n) is 8.81. The number of alkyl halides is 6. The standard InChI is InChI=1S/C20H18F6N2O2/c1-2-28(18(30)11-13-6-5-7-14(10-13)19(21,22)23)12-17(29)27-16-9-4-3-8-15(16)20(24,25)26/h3-10H,2,11-12H2,1H3,(H,27,29). The zero-order valence-corrected chi connectivity index (χ0v) is 15.8. The number of amides is 2. The Morgan fingerprint density at radius 1 is 0.933 bits per heavy atom. The van der Waals surface area contributed by atoms with Gasteiger partial charge in [-0.15, -0.1) is 0 Å². The minimum Gasteiger partial charge on any atom is -0.333 e. The molecule has 0 saturated carbocycles. The molecule has 30 heavy (non-hydrogen) atoms. The van der Waals surface area contributed by atoms with E-state index in [0.29, 0.717) is 0 Å². The van der Waals surface area contributed by atoms with Crippen LogP contribution in [0.5, 0.6) is 0 Å². The van der Waals surface area contributed by atoms with E-state index < -0.39 is 47.5 Å². The molecule has 0 spiro atoms. The van der Waals surface area contributed by atoms with E-state index >= 15 is 0 Å². The molecule has 0 unspecified atom stereocenters. The second-order valence-corrected chi connectivity index (χ2v) is 6.37. The average molecular weight is 432 g/mol. The van der Waals surface area contributed by atoms with Gasteiger partial charge >= 0.3 is 12.4 Å². The number of hydrogen-bond donors (Lipinski definition) is 1. The maximum Gasteiger partial charge on any atom is 0.418 e. The zero-order chi connectivity index (χ0) is 22.5. The third kappa shape index (κ3) is 6.23. The van der Waals surface area contributed by atoms with E-state index in [-0.39, 0.29) is 18.5 Å². The second-order valence-electron chi connectivity index (χ2n) is 6.37. The van der Waals surface area contributed by atoms with Gasteiger partial charge in [0.2, 0.25) is 11.8 Å². The molecule has 0 bridgehead atoms. The van der Waals surface area contributed by atoms with Crippen LogP contribution < -0.4 is 5.32 Å². The Balaban J connectivity index is 2.07. The summed E-state index contributed by atoms with van der Waals surface area (Å²) in [6.07, 6.45) is -9.62. The highest BCUT2D eigenvalue weighted by molar-refractivity contribution is 5.95. The molecular weight excluding hydrogens is 414 g/mol. The minimum atomic E-state index is -4.67. The summed E-state index contributed by atoms with van der Waals surface area (Å²) in [4.78, 5) is 25.6. The van der Waals surface area contributed by atoms with Gasteiger partial charge in [-0.25, -0.2) is 0 Å². The topological polar surface area (TPSA) is 49.4 Å². The van der Waals surface area contributed by atoms with Crippen LogP contribution in [0, 0.1) is 0 Å². The van der Waals surface area contributed by atoms with Crippen LogP contribution in [-0.4, -0.2) is 29.8 Å². The molecule has 0 atom stereocenters. The molecule has 0 heterocycles. The lowest BCUT2D eigenvalue weighted by Crippen LogP contribution is -2.39. The van der Waals surface area contributed by atoms with Crippen LogP contribution in [0.2, 0.25) is 0 Å². The molecule has 0 aliphatic rings. The van der Waals surface area contributed by atoms with Crippen molar-refractivity contribution in [3.8, 4) is 0 Å². The summed E-state index contributed by atoms with van der Waals surface area (Å²) >= 11 is 0. The van der Waals surface area contributed by atoms with Crippen molar-refractivity contribution in [2.45, 2.75) is 25.7 Å². The monoisotopic (exact) mass is 432 g/mol. The Labute approximate surface area is 168 Å². The van der Waals surface area contributed by atoms with E-state index in [1.54, 1.807) is 6.92 Å². The smallest absolute Gasteiger partial charge is 0.333 e. The molecule has 2 rings (SSSR count). The molecule has 0 radical (unpaired) electrons. The predicted molar refractivity (Wildman–Crippen MR) is 97.5 cm³/mol. The zero-order valence-electron chi connectivity index (χ0n) is 15.8. The van der Waals surface area contributed by atoms with Crippen molar-refractivity contribution in [2.75, 3.05) is 18.4 Å². The molecule has 4 nitrogen and oxygen atoms in total. The second kappa shape index (κ2) is 9.19. The maximum absolute atomic E-state index is 13.0. The van der Waals surface area contributed by atoms with Gasteiger partial charge < -0.3 is 10.2 Å². The number of halogens is 6. The van der Waals surface area contributed by atoms with Crippen LogP contribution in [0.25, 0.3) is 0 Å². The fraction of sp³-hybridized carbons (Fsp3) is 0.300. The quantitative estimate of drug-likeness (QED) is 0.670. The number of rotatable bonds is 6. The van der Waals surface area contributed by atoms with Crippen LogP contribution in [0.4, 0.5) is 32.0 Å².